The van der Waals surface area contributed by atoms with Gasteiger partial charge in [0.05, 0.1) is 0 Å². The van der Waals surface area contributed by atoms with Crippen LogP contribution in [0.4, 0.5) is 5.95 Å². The number of carbonyl (C=O) groups is 1. The molecule has 0 spiro atoms. The van der Waals surface area contributed by atoms with Crippen molar-refractivity contribution in [1.82, 2.24) is 14.8 Å². The van der Waals surface area contributed by atoms with Crippen molar-refractivity contribution in [3.05, 3.63) is 5.82 Å². The summed E-state index contributed by atoms with van der Waals surface area (Å²) in [5, 5.41) is 12.6. The molecule has 0 amide bonds. The third kappa shape index (κ3) is 1.77. The van der Waals surface area contributed by atoms with Gasteiger partial charge in [0.15, 0.2) is 0 Å². The summed E-state index contributed by atoms with van der Waals surface area (Å²) >= 11 is 0. The van der Waals surface area contributed by atoms with Gasteiger partial charge in [-0.2, -0.15) is 4.98 Å². The number of nitrogens with zero attached hydrogens (tertiary/aromatic N) is 4. The van der Waals surface area contributed by atoms with Gasteiger partial charge in [0.1, 0.15) is 0 Å². The Morgan fingerprint density at radius 3 is 2.69 bits per heavy atom. The van der Waals surface area contributed by atoms with Crippen molar-refractivity contribution >= 4 is 11.9 Å². The van der Waals surface area contributed by atoms with E-state index in [-0.39, 0.29) is 5.82 Å². The second-order valence-corrected chi connectivity index (χ2v) is 2.68. The summed E-state index contributed by atoms with van der Waals surface area (Å²) in [5.74, 6) is -0.677. The van der Waals surface area contributed by atoms with Gasteiger partial charge in [-0.1, -0.05) is 0 Å². The highest BCUT2D eigenvalue weighted by Crippen LogP contribution is 2.05. The Morgan fingerprint density at radius 1 is 1.69 bits per heavy atom. The fourth-order valence-electron chi connectivity index (χ4n) is 0.860. The standard InChI is InChI=1S/C7H12N4O2/c1-4-10(2)7-8-5(6(12)13)11(3)9-7/h4H2,1-3H3,(H,12,13). The van der Waals surface area contributed by atoms with Crippen LogP contribution >= 0.6 is 0 Å². The average molecular weight is 184 g/mol. The Balaban J connectivity index is 3.01. The summed E-state index contributed by atoms with van der Waals surface area (Å²) in [7, 11) is 3.37. The third-order valence-corrected chi connectivity index (χ3v) is 1.76. The molecule has 6 heteroatoms. The molecular weight excluding hydrogens is 172 g/mol. The van der Waals surface area contributed by atoms with Crippen molar-refractivity contribution in [3.8, 4) is 0 Å². The van der Waals surface area contributed by atoms with Crippen LogP contribution in [0.2, 0.25) is 0 Å². The second kappa shape index (κ2) is 3.42. The van der Waals surface area contributed by atoms with Crippen LogP contribution in [-0.4, -0.2) is 39.4 Å². The summed E-state index contributed by atoms with van der Waals surface area (Å²) < 4.78 is 1.25. The van der Waals surface area contributed by atoms with E-state index in [0.717, 1.165) is 6.54 Å². The molecule has 0 radical (unpaired) electrons. The first-order chi connectivity index (χ1) is 6.06. The quantitative estimate of drug-likeness (QED) is 0.714. The van der Waals surface area contributed by atoms with E-state index in [1.54, 1.807) is 19.0 Å². The van der Waals surface area contributed by atoms with Gasteiger partial charge in [-0.3, -0.25) is 0 Å². The lowest BCUT2D eigenvalue weighted by Crippen LogP contribution is -2.17. The lowest BCUT2D eigenvalue weighted by Gasteiger charge is -2.09. The number of carboxylic acids is 1. The van der Waals surface area contributed by atoms with Crippen LogP contribution in [0.3, 0.4) is 0 Å². The maximum Gasteiger partial charge on any atom is 0.373 e. The number of anilines is 1. The minimum atomic E-state index is -1.06. The maximum absolute atomic E-state index is 10.6. The van der Waals surface area contributed by atoms with E-state index in [9.17, 15) is 4.79 Å². The van der Waals surface area contributed by atoms with Crippen molar-refractivity contribution in [2.24, 2.45) is 7.05 Å². The van der Waals surface area contributed by atoms with Gasteiger partial charge in [0.25, 0.3) is 0 Å². The molecule has 1 heterocycles. The van der Waals surface area contributed by atoms with Crippen LogP contribution in [0, 0.1) is 0 Å². The molecule has 1 aromatic rings. The summed E-state index contributed by atoms with van der Waals surface area (Å²) in [5.41, 5.74) is 0. The van der Waals surface area contributed by atoms with Crippen molar-refractivity contribution in [2.75, 3.05) is 18.5 Å². The Kier molecular flexibility index (Phi) is 2.50. The monoisotopic (exact) mass is 184 g/mol. The van der Waals surface area contributed by atoms with E-state index in [1.165, 1.54) is 4.68 Å². The van der Waals surface area contributed by atoms with Crippen molar-refractivity contribution in [2.45, 2.75) is 6.92 Å². The first kappa shape index (κ1) is 9.50. The Labute approximate surface area is 75.8 Å². The summed E-state index contributed by atoms with van der Waals surface area (Å²) in [6, 6.07) is 0. The largest absolute Gasteiger partial charge is 0.475 e. The van der Waals surface area contributed by atoms with Crippen LogP contribution in [0.1, 0.15) is 17.5 Å². The summed E-state index contributed by atoms with van der Waals surface area (Å²) in [6.45, 7) is 2.68. The molecule has 6 nitrogen and oxygen atoms in total. The van der Waals surface area contributed by atoms with Gasteiger partial charge in [-0.25, -0.2) is 9.48 Å². The molecule has 1 aromatic heterocycles. The van der Waals surface area contributed by atoms with Gasteiger partial charge < -0.3 is 10.0 Å². The molecule has 0 saturated heterocycles. The molecule has 0 aromatic carbocycles. The molecular formula is C7H12N4O2. The number of carboxylic acid groups (broad SMARTS) is 1. The number of hydrogen-bond donors (Lipinski definition) is 1. The van der Waals surface area contributed by atoms with E-state index >= 15 is 0 Å². The highest BCUT2D eigenvalue weighted by atomic mass is 16.4. The molecule has 0 aliphatic carbocycles. The van der Waals surface area contributed by atoms with Gasteiger partial charge in [-0.05, 0) is 6.92 Å². The SMILES string of the molecule is CCN(C)c1nc(C(=O)O)n(C)n1. The lowest BCUT2D eigenvalue weighted by atomic mass is 10.6. The van der Waals surface area contributed by atoms with Crippen LogP contribution in [0.15, 0.2) is 0 Å². The fourth-order valence-corrected chi connectivity index (χ4v) is 0.860. The second-order valence-electron chi connectivity index (χ2n) is 2.68. The summed E-state index contributed by atoms with van der Waals surface area (Å²) in [6.07, 6.45) is 0. The fraction of sp³-hybridized carbons (Fsp3) is 0.571. The Morgan fingerprint density at radius 2 is 2.31 bits per heavy atom. The van der Waals surface area contributed by atoms with Gasteiger partial charge in [-0.15, -0.1) is 5.10 Å². The smallest absolute Gasteiger partial charge is 0.373 e. The predicted molar refractivity (Wildman–Crippen MR) is 46.9 cm³/mol. The lowest BCUT2D eigenvalue weighted by molar-refractivity contribution is 0.0678. The first-order valence-electron chi connectivity index (χ1n) is 3.91. The first-order valence-corrected chi connectivity index (χ1v) is 3.91. The van der Waals surface area contributed by atoms with E-state index in [0.29, 0.717) is 5.95 Å². The molecule has 0 bridgehead atoms. The summed E-state index contributed by atoms with van der Waals surface area (Å²) in [4.78, 5) is 16.2. The zero-order chi connectivity index (χ0) is 10.0. The molecule has 1 rings (SSSR count). The van der Waals surface area contributed by atoms with E-state index in [4.69, 9.17) is 5.11 Å². The highest BCUT2D eigenvalue weighted by molar-refractivity contribution is 5.83. The van der Waals surface area contributed by atoms with Crippen LogP contribution in [-0.2, 0) is 7.05 Å². The third-order valence-electron chi connectivity index (χ3n) is 1.76. The van der Waals surface area contributed by atoms with E-state index in [1.807, 2.05) is 6.92 Å². The van der Waals surface area contributed by atoms with Gasteiger partial charge in [0.2, 0.25) is 11.8 Å². The van der Waals surface area contributed by atoms with Crippen molar-refractivity contribution in [1.29, 1.82) is 0 Å². The minimum absolute atomic E-state index is 0.0460. The van der Waals surface area contributed by atoms with Crippen LogP contribution in [0.25, 0.3) is 0 Å². The van der Waals surface area contributed by atoms with Crippen molar-refractivity contribution < 1.29 is 9.90 Å². The number of hydrogen-bond acceptors (Lipinski definition) is 4. The molecule has 0 fully saturated rings. The minimum Gasteiger partial charge on any atom is -0.475 e. The number of aromatic nitrogens is 3. The molecule has 72 valence electrons. The Bertz CT molecular complexity index is 320. The molecule has 0 aliphatic rings. The van der Waals surface area contributed by atoms with Gasteiger partial charge >= 0.3 is 5.97 Å². The Hall–Kier alpha value is -1.59. The topological polar surface area (TPSA) is 71.2 Å². The molecule has 0 unspecified atom stereocenters. The highest BCUT2D eigenvalue weighted by Gasteiger charge is 2.15. The zero-order valence-electron chi connectivity index (χ0n) is 7.85. The average Bonchev–Trinajstić information content (AvgIpc) is 2.46. The van der Waals surface area contributed by atoms with Gasteiger partial charge in [0, 0.05) is 20.6 Å². The van der Waals surface area contributed by atoms with E-state index in [2.05, 4.69) is 10.1 Å². The maximum atomic E-state index is 10.6. The number of rotatable bonds is 3. The van der Waals surface area contributed by atoms with Crippen LogP contribution < -0.4 is 4.90 Å². The normalized spacial score (nSPS) is 10.1. The molecule has 0 saturated carbocycles. The number of aryl methyl sites for hydroxylation is 1. The molecule has 0 atom stereocenters. The van der Waals surface area contributed by atoms with Crippen molar-refractivity contribution in [3.63, 3.8) is 0 Å². The van der Waals surface area contributed by atoms with Crippen LogP contribution in [0.5, 0.6) is 0 Å². The molecule has 1 N–H and O–H groups in total. The molecule has 0 aliphatic heterocycles. The number of aromatic carboxylic acids is 1. The van der Waals surface area contributed by atoms with E-state index < -0.39 is 5.97 Å². The molecule has 13 heavy (non-hydrogen) atoms. The predicted octanol–water partition coefficient (Wildman–Crippen LogP) is -0.0306. The zero-order valence-corrected chi connectivity index (χ0v) is 7.85.